The maximum absolute atomic E-state index is 8.95. The van der Waals surface area contributed by atoms with Crippen LogP contribution in [0, 0.1) is 23.7 Å². The molecule has 15 heavy (non-hydrogen) atoms. The molecular formula is C13H14N2. The first-order chi connectivity index (χ1) is 7.31. The molecular weight excluding hydrogens is 184 g/mol. The van der Waals surface area contributed by atoms with Gasteiger partial charge in [0.2, 0.25) is 0 Å². The van der Waals surface area contributed by atoms with Crippen molar-refractivity contribution in [1.29, 1.82) is 5.26 Å². The Labute approximate surface area is 90.9 Å². The topological polar surface area (TPSA) is 35.8 Å². The Balaban J connectivity index is 2.76. The van der Waals surface area contributed by atoms with Gasteiger partial charge in [-0.15, -0.1) is 6.42 Å². The van der Waals surface area contributed by atoms with E-state index in [9.17, 15) is 0 Å². The summed E-state index contributed by atoms with van der Waals surface area (Å²) in [6, 6.07) is 9.89. The highest BCUT2D eigenvalue weighted by Gasteiger charge is 2.07. The molecule has 0 spiro atoms. The van der Waals surface area contributed by atoms with E-state index in [1.54, 1.807) is 0 Å². The van der Waals surface area contributed by atoms with Gasteiger partial charge in [-0.1, -0.05) is 37.1 Å². The van der Waals surface area contributed by atoms with E-state index in [0.29, 0.717) is 6.54 Å². The maximum atomic E-state index is 8.95. The standard InChI is InChI=1S/C13H14N2/c1-3-9-15-13(10-14)12-7-5-11(4-2)6-8-12/h1,5-8,13,15H,4,9H2,2H3. The van der Waals surface area contributed by atoms with Gasteiger partial charge in [-0.05, 0) is 17.5 Å². The molecule has 0 aliphatic heterocycles. The van der Waals surface area contributed by atoms with Gasteiger partial charge in [0, 0.05) is 0 Å². The van der Waals surface area contributed by atoms with E-state index in [1.807, 2.05) is 24.3 Å². The van der Waals surface area contributed by atoms with Crippen molar-refractivity contribution in [2.45, 2.75) is 19.4 Å². The lowest BCUT2D eigenvalue weighted by atomic mass is 10.0. The second kappa shape index (κ2) is 5.86. The number of aryl methyl sites for hydroxylation is 1. The molecule has 1 N–H and O–H groups in total. The highest BCUT2D eigenvalue weighted by Crippen LogP contribution is 2.13. The van der Waals surface area contributed by atoms with Crippen LogP contribution in [-0.4, -0.2) is 6.54 Å². The fourth-order valence-electron chi connectivity index (χ4n) is 1.34. The van der Waals surface area contributed by atoms with Crippen LogP contribution >= 0.6 is 0 Å². The third-order valence-corrected chi connectivity index (χ3v) is 2.26. The quantitative estimate of drug-likeness (QED) is 0.751. The monoisotopic (exact) mass is 198 g/mol. The molecule has 2 nitrogen and oxygen atoms in total. The average Bonchev–Trinajstić information content (AvgIpc) is 2.31. The Morgan fingerprint density at radius 1 is 1.40 bits per heavy atom. The van der Waals surface area contributed by atoms with Gasteiger partial charge in [0.15, 0.2) is 0 Å². The highest BCUT2D eigenvalue weighted by molar-refractivity contribution is 5.28. The van der Waals surface area contributed by atoms with Gasteiger partial charge >= 0.3 is 0 Å². The molecule has 1 aromatic rings. The molecule has 76 valence electrons. The zero-order valence-corrected chi connectivity index (χ0v) is 8.83. The van der Waals surface area contributed by atoms with Crippen molar-refractivity contribution >= 4 is 0 Å². The third-order valence-electron chi connectivity index (χ3n) is 2.26. The molecule has 0 amide bonds. The second-order valence-corrected chi connectivity index (χ2v) is 3.24. The van der Waals surface area contributed by atoms with Crippen molar-refractivity contribution in [3.63, 3.8) is 0 Å². The SMILES string of the molecule is C#CCNC(C#N)c1ccc(CC)cc1. The van der Waals surface area contributed by atoms with E-state index in [2.05, 4.69) is 24.2 Å². The van der Waals surface area contributed by atoms with Crippen molar-refractivity contribution in [3.05, 3.63) is 35.4 Å². The van der Waals surface area contributed by atoms with Crippen LogP contribution in [0.1, 0.15) is 24.1 Å². The number of terminal acetylenes is 1. The Morgan fingerprint density at radius 2 is 2.07 bits per heavy atom. The van der Waals surface area contributed by atoms with Crippen LogP contribution in [0.4, 0.5) is 0 Å². The lowest BCUT2D eigenvalue weighted by Gasteiger charge is -2.09. The molecule has 0 saturated carbocycles. The van der Waals surface area contributed by atoms with Gasteiger partial charge in [0.25, 0.3) is 0 Å². The molecule has 2 heteroatoms. The molecule has 0 bridgehead atoms. The fraction of sp³-hybridized carbons (Fsp3) is 0.308. The number of rotatable bonds is 4. The summed E-state index contributed by atoms with van der Waals surface area (Å²) in [7, 11) is 0. The smallest absolute Gasteiger partial charge is 0.122 e. The lowest BCUT2D eigenvalue weighted by Crippen LogP contribution is -2.19. The molecule has 0 fully saturated rings. The van der Waals surface area contributed by atoms with Gasteiger partial charge in [-0.3, -0.25) is 5.32 Å². The lowest BCUT2D eigenvalue weighted by molar-refractivity contribution is 0.690. The van der Waals surface area contributed by atoms with E-state index < -0.39 is 0 Å². The molecule has 0 aromatic heterocycles. The summed E-state index contributed by atoms with van der Waals surface area (Å²) in [4.78, 5) is 0. The normalized spacial score (nSPS) is 11.4. The first-order valence-corrected chi connectivity index (χ1v) is 4.97. The van der Waals surface area contributed by atoms with Gasteiger partial charge in [-0.25, -0.2) is 0 Å². The molecule has 1 aromatic carbocycles. The van der Waals surface area contributed by atoms with Crippen molar-refractivity contribution in [1.82, 2.24) is 5.32 Å². The minimum Gasteiger partial charge on any atom is -0.287 e. The van der Waals surface area contributed by atoms with Crippen LogP contribution in [0.5, 0.6) is 0 Å². The maximum Gasteiger partial charge on any atom is 0.122 e. The van der Waals surface area contributed by atoms with E-state index in [1.165, 1.54) is 5.56 Å². The minimum absolute atomic E-state index is 0.313. The van der Waals surface area contributed by atoms with Crippen LogP contribution in [0.3, 0.4) is 0 Å². The molecule has 1 atom stereocenters. The van der Waals surface area contributed by atoms with Crippen molar-refractivity contribution in [2.75, 3.05) is 6.54 Å². The molecule has 1 rings (SSSR count). The summed E-state index contributed by atoms with van der Waals surface area (Å²) in [5.41, 5.74) is 2.23. The van der Waals surface area contributed by atoms with E-state index in [4.69, 9.17) is 11.7 Å². The first kappa shape index (κ1) is 11.3. The van der Waals surface area contributed by atoms with Crippen molar-refractivity contribution in [3.8, 4) is 18.4 Å². The average molecular weight is 198 g/mol. The van der Waals surface area contributed by atoms with Gasteiger partial charge in [0.05, 0.1) is 12.6 Å². The number of hydrogen-bond acceptors (Lipinski definition) is 2. The Hall–Kier alpha value is -1.77. The number of nitrogens with zero attached hydrogens (tertiary/aromatic N) is 1. The fourth-order valence-corrected chi connectivity index (χ4v) is 1.34. The summed E-state index contributed by atoms with van der Waals surface area (Å²) in [5.74, 6) is 2.46. The highest BCUT2D eigenvalue weighted by atomic mass is 14.9. The number of nitrogens with one attached hydrogen (secondary N) is 1. The summed E-state index contributed by atoms with van der Waals surface area (Å²) < 4.78 is 0. The first-order valence-electron chi connectivity index (χ1n) is 4.97. The van der Waals surface area contributed by atoms with Crippen molar-refractivity contribution < 1.29 is 0 Å². The van der Waals surface area contributed by atoms with Gasteiger partial charge in [-0.2, -0.15) is 5.26 Å². The minimum atomic E-state index is -0.313. The zero-order valence-electron chi connectivity index (χ0n) is 8.83. The summed E-state index contributed by atoms with van der Waals surface area (Å²) in [6.07, 6.45) is 6.14. The second-order valence-electron chi connectivity index (χ2n) is 3.24. The molecule has 0 radical (unpaired) electrons. The van der Waals surface area contributed by atoms with E-state index in [-0.39, 0.29) is 6.04 Å². The van der Waals surface area contributed by atoms with E-state index >= 15 is 0 Å². The summed E-state index contributed by atoms with van der Waals surface area (Å²) in [6.45, 7) is 2.52. The molecule has 1 unspecified atom stereocenters. The van der Waals surface area contributed by atoms with Gasteiger partial charge in [0.1, 0.15) is 6.04 Å². The summed E-state index contributed by atoms with van der Waals surface area (Å²) >= 11 is 0. The van der Waals surface area contributed by atoms with Crippen LogP contribution < -0.4 is 5.32 Å². The third kappa shape index (κ3) is 3.13. The predicted octanol–water partition coefficient (Wildman–Crippen LogP) is 2.04. The molecule has 0 saturated heterocycles. The van der Waals surface area contributed by atoms with Crippen LogP contribution in [-0.2, 0) is 6.42 Å². The van der Waals surface area contributed by atoms with Crippen LogP contribution in [0.25, 0.3) is 0 Å². The van der Waals surface area contributed by atoms with Gasteiger partial charge < -0.3 is 0 Å². The largest absolute Gasteiger partial charge is 0.287 e. The molecule has 0 aliphatic carbocycles. The molecule has 0 heterocycles. The predicted molar refractivity (Wildman–Crippen MR) is 61.0 cm³/mol. The zero-order chi connectivity index (χ0) is 11.1. The number of nitriles is 1. The van der Waals surface area contributed by atoms with Crippen LogP contribution in [0.2, 0.25) is 0 Å². The van der Waals surface area contributed by atoms with Crippen molar-refractivity contribution in [2.24, 2.45) is 0 Å². The van der Waals surface area contributed by atoms with E-state index in [0.717, 1.165) is 12.0 Å². The Bertz CT molecular complexity index is 378. The Morgan fingerprint density at radius 3 is 2.53 bits per heavy atom. The Kier molecular flexibility index (Phi) is 4.41. The summed E-state index contributed by atoms with van der Waals surface area (Å²) in [5, 5.41) is 11.9. The number of hydrogen-bond donors (Lipinski definition) is 1. The molecule has 0 aliphatic rings. The van der Waals surface area contributed by atoms with Crippen LogP contribution in [0.15, 0.2) is 24.3 Å². The number of benzene rings is 1.